The number of anilines is 1. The molecule has 0 aliphatic rings. The Balaban J connectivity index is 0.00000363. The van der Waals surface area contributed by atoms with Gasteiger partial charge in [-0.05, 0) is 24.6 Å². The standard InChI is InChI=1S/C25H38N5O.ClH/c1-2-3-4-5-6-7-8-9-10-13-19-31-22-29-18-14-15-23(20-29)26-21-30-25-17-12-11-16-24(25)27-28-30;/h11-12,14-18,20,26H,2-10,13,19,21-22H2,1H3;1H/q+1;/p-1. The number of para-hydroxylation sites is 1. The molecule has 0 aliphatic carbocycles. The van der Waals surface area contributed by atoms with Crippen molar-refractivity contribution in [2.24, 2.45) is 0 Å². The molecule has 0 spiro atoms. The quantitative estimate of drug-likeness (QED) is 0.264. The van der Waals surface area contributed by atoms with Gasteiger partial charge < -0.3 is 22.5 Å². The van der Waals surface area contributed by atoms with E-state index in [-0.39, 0.29) is 12.4 Å². The van der Waals surface area contributed by atoms with Crippen molar-refractivity contribution in [1.29, 1.82) is 0 Å². The van der Waals surface area contributed by atoms with Gasteiger partial charge in [-0.2, -0.15) is 4.57 Å². The van der Waals surface area contributed by atoms with Gasteiger partial charge in [0.05, 0.1) is 12.1 Å². The number of fused-ring (bicyclic) bond motifs is 1. The number of nitrogens with one attached hydrogen (secondary N) is 1. The highest BCUT2D eigenvalue weighted by Crippen LogP contribution is 2.11. The maximum atomic E-state index is 5.86. The predicted molar refractivity (Wildman–Crippen MR) is 126 cm³/mol. The van der Waals surface area contributed by atoms with Gasteiger partial charge in [0.15, 0.2) is 12.4 Å². The molecule has 0 aliphatic heterocycles. The van der Waals surface area contributed by atoms with Crippen molar-refractivity contribution in [2.75, 3.05) is 11.9 Å². The average molecular weight is 460 g/mol. The smallest absolute Gasteiger partial charge is 0.252 e. The second-order valence-corrected chi connectivity index (χ2v) is 8.24. The minimum Gasteiger partial charge on any atom is -1.00 e. The molecule has 0 atom stereocenters. The van der Waals surface area contributed by atoms with Crippen LogP contribution in [0.2, 0.25) is 0 Å². The van der Waals surface area contributed by atoms with E-state index in [2.05, 4.69) is 39.4 Å². The van der Waals surface area contributed by atoms with Crippen molar-refractivity contribution in [1.82, 2.24) is 15.0 Å². The van der Waals surface area contributed by atoms with Crippen LogP contribution >= 0.6 is 0 Å². The van der Waals surface area contributed by atoms with Crippen molar-refractivity contribution in [3.63, 3.8) is 0 Å². The first-order chi connectivity index (χ1) is 15.4. The highest BCUT2D eigenvalue weighted by atomic mass is 35.5. The number of benzene rings is 1. The topological polar surface area (TPSA) is 55.9 Å². The van der Waals surface area contributed by atoms with Crippen LogP contribution in [0.25, 0.3) is 11.0 Å². The number of hydrogen-bond donors (Lipinski definition) is 1. The summed E-state index contributed by atoms with van der Waals surface area (Å²) >= 11 is 0. The highest BCUT2D eigenvalue weighted by molar-refractivity contribution is 5.73. The van der Waals surface area contributed by atoms with E-state index in [0.29, 0.717) is 13.4 Å². The molecule has 176 valence electrons. The maximum absolute atomic E-state index is 5.86. The van der Waals surface area contributed by atoms with E-state index in [1.54, 1.807) is 0 Å². The molecule has 0 radical (unpaired) electrons. The van der Waals surface area contributed by atoms with Crippen molar-refractivity contribution >= 4 is 16.7 Å². The van der Waals surface area contributed by atoms with E-state index in [1.165, 1.54) is 57.8 Å². The van der Waals surface area contributed by atoms with Crippen molar-refractivity contribution in [3.05, 3.63) is 48.8 Å². The molecule has 1 aromatic carbocycles. The molecule has 0 saturated heterocycles. The summed E-state index contributed by atoms with van der Waals surface area (Å²) in [6.45, 7) is 4.26. The average Bonchev–Trinajstić information content (AvgIpc) is 3.22. The Bertz CT molecular complexity index is 885. The summed E-state index contributed by atoms with van der Waals surface area (Å²) in [5.41, 5.74) is 2.97. The Morgan fingerprint density at radius 1 is 0.906 bits per heavy atom. The number of nitrogens with zero attached hydrogens (tertiary/aromatic N) is 4. The second-order valence-electron chi connectivity index (χ2n) is 8.24. The van der Waals surface area contributed by atoms with Gasteiger partial charge in [0.2, 0.25) is 0 Å². The van der Waals surface area contributed by atoms with Crippen LogP contribution in [-0.4, -0.2) is 21.6 Å². The Hall–Kier alpha value is -2.18. The van der Waals surface area contributed by atoms with E-state index in [9.17, 15) is 0 Å². The summed E-state index contributed by atoms with van der Waals surface area (Å²) in [7, 11) is 0. The van der Waals surface area contributed by atoms with Crippen LogP contribution in [0.5, 0.6) is 0 Å². The SMILES string of the molecule is CCCCCCCCCCCCOC[n+]1cccc(NCn2nnc3ccccc32)c1.[Cl-]. The first-order valence-corrected chi connectivity index (χ1v) is 12.0. The zero-order chi connectivity index (χ0) is 21.6. The van der Waals surface area contributed by atoms with Crippen LogP contribution in [0.3, 0.4) is 0 Å². The fourth-order valence-electron chi connectivity index (χ4n) is 3.77. The molecule has 3 aromatic rings. The maximum Gasteiger partial charge on any atom is 0.252 e. The zero-order valence-electron chi connectivity index (χ0n) is 19.4. The number of rotatable bonds is 16. The lowest BCUT2D eigenvalue weighted by Crippen LogP contribution is -3.00. The molecule has 0 saturated carbocycles. The minimum absolute atomic E-state index is 0. The summed E-state index contributed by atoms with van der Waals surface area (Å²) in [5, 5.41) is 11.8. The van der Waals surface area contributed by atoms with Crippen LogP contribution < -0.4 is 22.3 Å². The number of halogens is 1. The van der Waals surface area contributed by atoms with E-state index >= 15 is 0 Å². The third-order valence-corrected chi connectivity index (χ3v) is 5.59. The molecule has 3 rings (SSSR count). The van der Waals surface area contributed by atoms with Gasteiger partial charge in [-0.25, -0.2) is 4.68 Å². The fraction of sp³-hybridized carbons (Fsp3) is 0.560. The number of pyridine rings is 1. The first kappa shape index (κ1) is 26.1. The van der Waals surface area contributed by atoms with Crippen molar-refractivity contribution in [2.45, 2.75) is 84.5 Å². The first-order valence-electron chi connectivity index (χ1n) is 12.0. The lowest BCUT2D eigenvalue weighted by molar-refractivity contribution is -0.732. The molecule has 0 amide bonds. The molecule has 0 bridgehead atoms. The number of hydrogen-bond acceptors (Lipinski definition) is 4. The van der Waals surface area contributed by atoms with Crippen molar-refractivity contribution in [3.8, 4) is 0 Å². The third-order valence-electron chi connectivity index (χ3n) is 5.59. The minimum atomic E-state index is 0. The fourth-order valence-corrected chi connectivity index (χ4v) is 3.77. The van der Waals surface area contributed by atoms with Gasteiger partial charge in [-0.1, -0.05) is 82.1 Å². The summed E-state index contributed by atoms with van der Waals surface area (Å²) in [6.07, 6.45) is 17.6. The molecule has 7 heteroatoms. The highest BCUT2D eigenvalue weighted by Gasteiger charge is 2.05. The normalized spacial score (nSPS) is 10.9. The molecule has 2 heterocycles. The lowest BCUT2D eigenvalue weighted by Gasteiger charge is -2.06. The number of aromatic nitrogens is 4. The number of ether oxygens (including phenoxy) is 1. The summed E-state index contributed by atoms with van der Waals surface area (Å²) in [5.74, 6) is 0. The van der Waals surface area contributed by atoms with Crippen LogP contribution in [0.4, 0.5) is 5.69 Å². The molecule has 6 nitrogen and oxygen atoms in total. The van der Waals surface area contributed by atoms with E-state index < -0.39 is 0 Å². The van der Waals surface area contributed by atoms with Crippen LogP contribution in [-0.2, 0) is 18.1 Å². The van der Waals surface area contributed by atoms with Gasteiger partial charge in [-0.3, -0.25) is 0 Å². The van der Waals surface area contributed by atoms with Gasteiger partial charge in [0, 0.05) is 6.07 Å². The van der Waals surface area contributed by atoms with Crippen LogP contribution in [0.15, 0.2) is 48.8 Å². The van der Waals surface area contributed by atoms with Crippen molar-refractivity contribution < 1.29 is 21.7 Å². The summed E-state index contributed by atoms with van der Waals surface area (Å²) in [4.78, 5) is 0. The second kappa shape index (κ2) is 15.6. The van der Waals surface area contributed by atoms with E-state index in [0.717, 1.165) is 29.7 Å². The van der Waals surface area contributed by atoms with Crippen LogP contribution in [0, 0.1) is 0 Å². The predicted octanol–water partition coefficient (Wildman–Crippen LogP) is 2.69. The van der Waals surface area contributed by atoms with Gasteiger partial charge in [0.1, 0.15) is 17.9 Å². The largest absolute Gasteiger partial charge is 1.00 e. The Kier molecular flexibility index (Phi) is 12.7. The monoisotopic (exact) mass is 459 g/mol. The van der Waals surface area contributed by atoms with Gasteiger partial charge in [-0.15, -0.1) is 5.10 Å². The van der Waals surface area contributed by atoms with Gasteiger partial charge in [0.25, 0.3) is 6.73 Å². The molecule has 0 unspecified atom stereocenters. The van der Waals surface area contributed by atoms with E-state index in [4.69, 9.17) is 4.74 Å². The molecule has 32 heavy (non-hydrogen) atoms. The summed E-state index contributed by atoms with van der Waals surface area (Å²) in [6, 6.07) is 12.1. The van der Waals surface area contributed by atoms with Gasteiger partial charge >= 0.3 is 0 Å². The van der Waals surface area contributed by atoms with E-state index in [1.807, 2.05) is 41.2 Å². The number of unbranched alkanes of at least 4 members (excludes halogenated alkanes) is 9. The zero-order valence-corrected chi connectivity index (χ0v) is 20.1. The molecule has 1 N–H and O–H groups in total. The van der Waals surface area contributed by atoms with Crippen LogP contribution in [0.1, 0.15) is 71.1 Å². The Morgan fingerprint density at radius 3 is 2.41 bits per heavy atom. The molecular formula is C25H38ClN5O. The Labute approximate surface area is 198 Å². The Morgan fingerprint density at radius 2 is 1.62 bits per heavy atom. The third kappa shape index (κ3) is 9.13. The summed E-state index contributed by atoms with van der Waals surface area (Å²) < 4.78 is 9.80. The molecule has 0 fully saturated rings. The molecular weight excluding hydrogens is 422 g/mol. The molecule has 2 aromatic heterocycles. The lowest BCUT2D eigenvalue weighted by atomic mass is 10.1.